The van der Waals surface area contributed by atoms with Crippen molar-refractivity contribution in [2.45, 2.75) is 0 Å². The molecule has 0 amide bonds. The van der Waals surface area contributed by atoms with Crippen molar-refractivity contribution in [2.75, 3.05) is 6.61 Å². The second-order valence-corrected chi connectivity index (χ2v) is 5.14. The SMILES string of the molecule is C=CCOc1ccc(C(=O)[O-])cc1.c1ccc(-c2ccccc2)cc1. The minimum Gasteiger partial charge on any atom is -0.545 e. The molecule has 25 heavy (non-hydrogen) atoms. The van der Waals surface area contributed by atoms with Crippen LogP contribution in [0.2, 0.25) is 0 Å². The third kappa shape index (κ3) is 5.99. The van der Waals surface area contributed by atoms with Crippen LogP contribution in [0.15, 0.2) is 97.6 Å². The monoisotopic (exact) mass is 331 g/mol. The van der Waals surface area contributed by atoms with Gasteiger partial charge in [-0.2, -0.15) is 0 Å². The molecule has 0 fully saturated rings. The van der Waals surface area contributed by atoms with Gasteiger partial charge >= 0.3 is 0 Å². The first kappa shape index (κ1) is 18.0. The van der Waals surface area contributed by atoms with E-state index in [0.29, 0.717) is 12.4 Å². The maximum Gasteiger partial charge on any atom is 0.119 e. The molecule has 0 aliphatic carbocycles. The van der Waals surface area contributed by atoms with Gasteiger partial charge in [-0.15, -0.1) is 0 Å². The van der Waals surface area contributed by atoms with Crippen LogP contribution in [0, 0.1) is 0 Å². The average Bonchev–Trinajstić information content (AvgIpc) is 2.68. The maximum absolute atomic E-state index is 10.4. The van der Waals surface area contributed by atoms with E-state index < -0.39 is 5.97 Å². The van der Waals surface area contributed by atoms with Crippen molar-refractivity contribution in [3.8, 4) is 16.9 Å². The zero-order valence-corrected chi connectivity index (χ0v) is 13.8. The highest BCUT2D eigenvalue weighted by atomic mass is 16.5. The third-order valence-electron chi connectivity index (χ3n) is 3.34. The molecule has 3 nitrogen and oxygen atoms in total. The van der Waals surface area contributed by atoms with Crippen LogP contribution in [-0.2, 0) is 0 Å². The molecular formula is C22H19O3-. The molecular weight excluding hydrogens is 312 g/mol. The molecule has 3 heteroatoms. The number of benzene rings is 3. The number of ether oxygens (including phenoxy) is 1. The van der Waals surface area contributed by atoms with Gasteiger partial charge in [0, 0.05) is 0 Å². The molecule has 0 aliphatic rings. The van der Waals surface area contributed by atoms with Gasteiger partial charge in [0.1, 0.15) is 12.4 Å². The Labute approximate surface area is 147 Å². The number of hydrogen-bond acceptors (Lipinski definition) is 3. The lowest BCUT2D eigenvalue weighted by atomic mass is 10.1. The van der Waals surface area contributed by atoms with Gasteiger partial charge < -0.3 is 14.6 Å². The van der Waals surface area contributed by atoms with Crippen LogP contribution in [0.25, 0.3) is 11.1 Å². The molecule has 3 aromatic carbocycles. The minimum atomic E-state index is -1.18. The van der Waals surface area contributed by atoms with Crippen LogP contribution in [0.1, 0.15) is 10.4 Å². The van der Waals surface area contributed by atoms with Crippen molar-refractivity contribution >= 4 is 5.97 Å². The summed E-state index contributed by atoms with van der Waals surface area (Å²) in [5, 5.41) is 10.4. The maximum atomic E-state index is 10.4. The first-order valence-corrected chi connectivity index (χ1v) is 7.86. The molecule has 0 aliphatic heterocycles. The van der Waals surface area contributed by atoms with E-state index in [2.05, 4.69) is 55.1 Å². The minimum absolute atomic E-state index is 0.144. The highest BCUT2D eigenvalue weighted by Gasteiger charge is 1.94. The molecule has 0 spiro atoms. The standard InChI is InChI=1S/C12H10.C10H10O3/c1-3-7-11(8-4-1)12-9-5-2-6-10-12;1-2-7-13-9-5-3-8(4-6-9)10(11)12/h1-10H;2-6H,1,7H2,(H,11,12)/p-1. The van der Waals surface area contributed by atoms with E-state index in [1.165, 1.54) is 23.3 Å². The van der Waals surface area contributed by atoms with E-state index in [9.17, 15) is 9.90 Å². The summed E-state index contributed by atoms with van der Waals surface area (Å²) in [5.41, 5.74) is 2.70. The van der Waals surface area contributed by atoms with E-state index in [1.807, 2.05) is 12.1 Å². The number of carbonyl (C=O) groups excluding carboxylic acids is 1. The van der Waals surface area contributed by atoms with E-state index in [-0.39, 0.29) is 5.56 Å². The normalized spacial score (nSPS) is 9.44. The van der Waals surface area contributed by atoms with Gasteiger partial charge in [-0.3, -0.25) is 0 Å². The van der Waals surface area contributed by atoms with Crippen molar-refractivity contribution in [1.29, 1.82) is 0 Å². The fourth-order valence-corrected chi connectivity index (χ4v) is 2.10. The molecule has 0 radical (unpaired) electrons. The Balaban J connectivity index is 0.000000181. The molecule has 3 aromatic rings. The van der Waals surface area contributed by atoms with Crippen molar-refractivity contribution in [3.05, 3.63) is 103 Å². The molecule has 0 aromatic heterocycles. The number of aromatic carboxylic acids is 1. The van der Waals surface area contributed by atoms with E-state index in [1.54, 1.807) is 18.2 Å². The van der Waals surface area contributed by atoms with Crippen molar-refractivity contribution in [2.24, 2.45) is 0 Å². The number of hydrogen-bond donors (Lipinski definition) is 0. The third-order valence-corrected chi connectivity index (χ3v) is 3.34. The molecule has 0 atom stereocenters. The van der Waals surface area contributed by atoms with Crippen LogP contribution in [0.5, 0.6) is 5.75 Å². The Bertz CT molecular complexity index is 741. The van der Waals surface area contributed by atoms with Crippen molar-refractivity contribution in [1.82, 2.24) is 0 Å². The van der Waals surface area contributed by atoms with Gasteiger partial charge in [0.05, 0.1) is 5.97 Å². The lowest BCUT2D eigenvalue weighted by Gasteiger charge is -2.05. The molecule has 0 N–H and O–H groups in total. The van der Waals surface area contributed by atoms with Crippen molar-refractivity contribution < 1.29 is 14.6 Å². The summed E-state index contributed by atoms with van der Waals surface area (Å²) in [7, 11) is 0. The number of carboxylic acids is 1. The molecule has 0 saturated carbocycles. The molecule has 3 rings (SSSR count). The summed E-state index contributed by atoms with van der Waals surface area (Å²) in [6, 6.07) is 26.8. The molecule has 0 unspecified atom stereocenters. The van der Waals surface area contributed by atoms with Crippen LogP contribution in [0.3, 0.4) is 0 Å². The highest BCUT2D eigenvalue weighted by molar-refractivity contribution is 5.85. The Morgan fingerprint density at radius 2 is 1.32 bits per heavy atom. The van der Waals surface area contributed by atoms with E-state index in [0.717, 1.165) is 0 Å². The summed E-state index contributed by atoms with van der Waals surface area (Å²) < 4.78 is 5.16. The molecule has 0 heterocycles. The van der Waals surface area contributed by atoms with Gasteiger partial charge in [-0.05, 0) is 41.0 Å². The summed E-state index contributed by atoms with van der Waals surface area (Å²) in [6.07, 6.45) is 1.62. The number of carbonyl (C=O) groups is 1. The second-order valence-electron chi connectivity index (χ2n) is 5.14. The summed E-state index contributed by atoms with van der Waals surface area (Å²) in [6.45, 7) is 3.90. The molecule has 0 saturated heterocycles. The summed E-state index contributed by atoms with van der Waals surface area (Å²) >= 11 is 0. The van der Waals surface area contributed by atoms with Crippen molar-refractivity contribution in [3.63, 3.8) is 0 Å². The second kappa shape index (κ2) is 9.73. The lowest BCUT2D eigenvalue weighted by molar-refractivity contribution is -0.255. The Morgan fingerprint density at radius 1 is 0.840 bits per heavy atom. The largest absolute Gasteiger partial charge is 0.545 e. The van der Waals surface area contributed by atoms with Gasteiger partial charge in [0.25, 0.3) is 0 Å². The van der Waals surface area contributed by atoms with Gasteiger partial charge in [-0.25, -0.2) is 0 Å². The Kier molecular flexibility index (Phi) is 7.01. The molecule has 0 bridgehead atoms. The zero-order valence-electron chi connectivity index (χ0n) is 13.8. The lowest BCUT2D eigenvalue weighted by Crippen LogP contribution is -2.21. The fourth-order valence-electron chi connectivity index (χ4n) is 2.10. The first-order valence-electron chi connectivity index (χ1n) is 7.86. The predicted octanol–water partition coefficient (Wildman–Crippen LogP) is 3.97. The summed E-state index contributed by atoms with van der Waals surface area (Å²) in [5.74, 6) is -0.569. The number of rotatable bonds is 5. The van der Waals surface area contributed by atoms with Crippen LogP contribution < -0.4 is 9.84 Å². The van der Waals surface area contributed by atoms with Gasteiger partial charge in [-0.1, -0.05) is 73.3 Å². The smallest absolute Gasteiger partial charge is 0.119 e. The highest BCUT2D eigenvalue weighted by Crippen LogP contribution is 2.17. The van der Waals surface area contributed by atoms with Gasteiger partial charge in [0.2, 0.25) is 0 Å². The zero-order chi connectivity index (χ0) is 17.9. The van der Waals surface area contributed by atoms with E-state index in [4.69, 9.17) is 4.74 Å². The van der Waals surface area contributed by atoms with Crippen LogP contribution in [-0.4, -0.2) is 12.6 Å². The van der Waals surface area contributed by atoms with E-state index >= 15 is 0 Å². The Hall–Kier alpha value is -3.33. The fraction of sp³-hybridized carbons (Fsp3) is 0.0455. The van der Waals surface area contributed by atoms with Crippen LogP contribution in [0.4, 0.5) is 0 Å². The molecule has 126 valence electrons. The topological polar surface area (TPSA) is 49.4 Å². The van der Waals surface area contributed by atoms with Gasteiger partial charge in [0.15, 0.2) is 0 Å². The van der Waals surface area contributed by atoms with Crippen LogP contribution >= 0.6 is 0 Å². The quantitative estimate of drug-likeness (QED) is 0.665. The Morgan fingerprint density at radius 3 is 1.72 bits per heavy atom. The average molecular weight is 331 g/mol. The first-order chi connectivity index (χ1) is 12.2. The number of carboxylic acid groups (broad SMARTS) is 1. The predicted molar refractivity (Wildman–Crippen MR) is 98.3 cm³/mol. The summed E-state index contributed by atoms with van der Waals surface area (Å²) in [4.78, 5) is 10.4.